The average molecular weight is 350 g/mol. The lowest BCUT2D eigenvalue weighted by Gasteiger charge is -2.13. The first-order valence-electron chi connectivity index (χ1n) is 5.60. The van der Waals surface area contributed by atoms with E-state index in [1.54, 1.807) is 11.3 Å². The number of carbonyl (C=O) groups is 1. The van der Waals surface area contributed by atoms with Gasteiger partial charge in [-0.15, -0.1) is 11.3 Å². The summed E-state index contributed by atoms with van der Waals surface area (Å²) in [6, 6.07) is 0. The fourth-order valence-electron chi connectivity index (χ4n) is 2.02. The number of hydrogen-bond donors (Lipinski definition) is 0. The van der Waals surface area contributed by atoms with Gasteiger partial charge in [0.05, 0.1) is 8.99 Å². The molecule has 0 spiro atoms. The third kappa shape index (κ3) is 2.42. The molecule has 0 aliphatic heterocycles. The highest BCUT2D eigenvalue weighted by molar-refractivity contribution is 14.1. The monoisotopic (exact) mass is 350 g/mol. The maximum Gasteiger partial charge on any atom is 0.348 e. The summed E-state index contributed by atoms with van der Waals surface area (Å²) >= 11 is 3.93. The quantitative estimate of drug-likeness (QED) is 0.599. The zero-order valence-corrected chi connectivity index (χ0v) is 12.5. The minimum atomic E-state index is -0.138. The molecular weight excluding hydrogens is 335 g/mol. The van der Waals surface area contributed by atoms with E-state index in [9.17, 15) is 4.79 Å². The Morgan fingerprint density at radius 2 is 1.94 bits per heavy atom. The van der Waals surface area contributed by atoms with Crippen LogP contribution in [0.5, 0.6) is 0 Å². The highest BCUT2D eigenvalue weighted by Gasteiger charge is 2.24. The van der Waals surface area contributed by atoms with Crippen molar-refractivity contribution in [2.75, 3.05) is 0 Å². The van der Waals surface area contributed by atoms with Crippen molar-refractivity contribution < 1.29 is 9.53 Å². The third-order valence-corrected chi connectivity index (χ3v) is 5.05. The summed E-state index contributed by atoms with van der Waals surface area (Å²) in [6.45, 7) is 3.78. The lowest BCUT2D eigenvalue weighted by molar-refractivity contribution is 0.0382. The lowest BCUT2D eigenvalue weighted by Crippen LogP contribution is -2.13. The van der Waals surface area contributed by atoms with E-state index in [4.69, 9.17) is 4.74 Å². The molecule has 1 heterocycles. The average Bonchev–Trinajstić information content (AvgIpc) is 2.56. The van der Waals surface area contributed by atoms with Gasteiger partial charge >= 0.3 is 5.97 Å². The van der Waals surface area contributed by atoms with Crippen LogP contribution in [0.4, 0.5) is 0 Å². The van der Waals surface area contributed by atoms with E-state index in [-0.39, 0.29) is 12.1 Å². The molecule has 1 aliphatic rings. The van der Waals surface area contributed by atoms with Crippen LogP contribution in [0.2, 0.25) is 0 Å². The van der Waals surface area contributed by atoms with Crippen molar-refractivity contribution in [2.24, 2.45) is 0 Å². The Bertz CT molecular complexity index is 409. The molecular formula is C12H15IO2S. The number of halogens is 1. The number of fused-ring (bicyclic) bond motifs is 1. The van der Waals surface area contributed by atoms with Crippen molar-refractivity contribution >= 4 is 39.9 Å². The van der Waals surface area contributed by atoms with Crippen LogP contribution in [0.15, 0.2) is 0 Å². The molecule has 0 unspecified atom stereocenters. The predicted octanol–water partition coefficient (Wildman–Crippen LogP) is 3.80. The molecule has 1 aromatic heterocycles. The smallest absolute Gasteiger partial charge is 0.348 e. The van der Waals surface area contributed by atoms with Crippen LogP contribution in [0.3, 0.4) is 0 Å². The second kappa shape index (κ2) is 5.04. The van der Waals surface area contributed by atoms with Crippen LogP contribution in [0.1, 0.15) is 47.5 Å². The van der Waals surface area contributed by atoms with Gasteiger partial charge in [0.25, 0.3) is 0 Å². The number of rotatable bonds is 2. The van der Waals surface area contributed by atoms with Crippen molar-refractivity contribution in [3.8, 4) is 0 Å². The molecule has 1 aromatic rings. The van der Waals surface area contributed by atoms with E-state index in [0.29, 0.717) is 0 Å². The SMILES string of the molecule is CC(C)OC(=O)c1sc(I)c2c1CCCC2. The highest BCUT2D eigenvalue weighted by Crippen LogP contribution is 2.35. The summed E-state index contributed by atoms with van der Waals surface area (Å²) in [7, 11) is 0. The van der Waals surface area contributed by atoms with E-state index < -0.39 is 0 Å². The Balaban J connectivity index is 2.31. The zero-order valence-electron chi connectivity index (χ0n) is 9.51. The molecule has 0 saturated heterocycles. The first kappa shape index (κ1) is 12.4. The number of ether oxygens (including phenoxy) is 1. The number of carbonyl (C=O) groups excluding carboxylic acids is 1. The summed E-state index contributed by atoms with van der Waals surface area (Å²) in [5, 5.41) is 0. The maximum absolute atomic E-state index is 11.9. The molecule has 4 heteroatoms. The molecule has 0 aromatic carbocycles. The van der Waals surface area contributed by atoms with Crippen molar-refractivity contribution in [1.82, 2.24) is 0 Å². The molecule has 0 N–H and O–H groups in total. The summed E-state index contributed by atoms with van der Waals surface area (Å²) in [5.41, 5.74) is 2.65. The van der Waals surface area contributed by atoms with Gasteiger partial charge in [-0.2, -0.15) is 0 Å². The Labute approximate surface area is 114 Å². The second-order valence-corrected chi connectivity index (χ2v) is 7.15. The minimum absolute atomic E-state index is 0.0356. The predicted molar refractivity (Wildman–Crippen MR) is 74.2 cm³/mol. The molecule has 88 valence electrons. The van der Waals surface area contributed by atoms with Gasteiger partial charge in [-0.3, -0.25) is 0 Å². The standard InChI is InChI=1S/C12H15IO2S/c1-7(2)15-12(14)10-8-5-3-4-6-9(8)11(13)16-10/h7H,3-6H2,1-2H3. The van der Waals surface area contributed by atoms with E-state index >= 15 is 0 Å². The number of esters is 1. The highest BCUT2D eigenvalue weighted by atomic mass is 127. The normalized spacial score (nSPS) is 15.0. The van der Waals surface area contributed by atoms with E-state index in [2.05, 4.69) is 22.6 Å². The van der Waals surface area contributed by atoms with E-state index in [0.717, 1.165) is 17.7 Å². The molecule has 0 saturated carbocycles. The van der Waals surface area contributed by atoms with Gasteiger partial charge in [-0.25, -0.2) is 4.79 Å². The topological polar surface area (TPSA) is 26.3 Å². The van der Waals surface area contributed by atoms with Gasteiger partial charge in [0, 0.05) is 0 Å². The summed E-state index contributed by atoms with van der Waals surface area (Å²) in [5.74, 6) is -0.138. The van der Waals surface area contributed by atoms with Gasteiger partial charge < -0.3 is 4.74 Å². The first-order valence-corrected chi connectivity index (χ1v) is 7.50. The maximum atomic E-state index is 11.9. The van der Waals surface area contributed by atoms with Crippen LogP contribution in [-0.2, 0) is 17.6 Å². The molecule has 16 heavy (non-hydrogen) atoms. The van der Waals surface area contributed by atoms with Crippen LogP contribution in [0.25, 0.3) is 0 Å². The molecule has 0 atom stereocenters. The molecule has 0 amide bonds. The summed E-state index contributed by atoms with van der Waals surface area (Å²) in [4.78, 5) is 12.8. The van der Waals surface area contributed by atoms with Gasteiger partial charge in [-0.05, 0) is 73.2 Å². The van der Waals surface area contributed by atoms with Crippen LogP contribution >= 0.6 is 33.9 Å². The van der Waals surface area contributed by atoms with Gasteiger partial charge in [-0.1, -0.05) is 0 Å². The number of hydrogen-bond acceptors (Lipinski definition) is 3. The third-order valence-electron chi connectivity index (χ3n) is 2.70. The largest absolute Gasteiger partial charge is 0.459 e. The molecule has 0 bridgehead atoms. The first-order chi connectivity index (χ1) is 7.59. The molecule has 0 radical (unpaired) electrons. The van der Waals surface area contributed by atoms with Crippen molar-refractivity contribution in [1.29, 1.82) is 0 Å². The van der Waals surface area contributed by atoms with E-state index in [1.807, 2.05) is 13.8 Å². The lowest BCUT2D eigenvalue weighted by atomic mass is 9.94. The van der Waals surface area contributed by atoms with Crippen LogP contribution in [-0.4, -0.2) is 12.1 Å². The molecule has 2 nitrogen and oxygen atoms in total. The zero-order chi connectivity index (χ0) is 11.7. The summed E-state index contributed by atoms with van der Waals surface area (Å²) < 4.78 is 6.55. The fourth-order valence-corrected chi connectivity index (χ4v) is 4.28. The van der Waals surface area contributed by atoms with Crippen molar-refractivity contribution in [3.63, 3.8) is 0 Å². The Morgan fingerprint density at radius 1 is 1.31 bits per heavy atom. The molecule has 1 aliphatic carbocycles. The Morgan fingerprint density at radius 3 is 2.56 bits per heavy atom. The van der Waals surface area contributed by atoms with Crippen LogP contribution < -0.4 is 0 Å². The molecule has 2 rings (SSSR count). The second-order valence-electron chi connectivity index (χ2n) is 4.32. The number of thiophene rings is 1. The van der Waals surface area contributed by atoms with Gasteiger partial charge in [0.15, 0.2) is 0 Å². The Hall–Kier alpha value is -0.100. The van der Waals surface area contributed by atoms with E-state index in [1.165, 1.54) is 26.9 Å². The van der Waals surface area contributed by atoms with Crippen molar-refractivity contribution in [3.05, 3.63) is 18.9 Å². The molecule has 0 fully saturated rings. The van der Waals surface area contributed by atoms with Crippen molar-refractivity contribution in [2.45, 2.75) is 45.6 Å². The minimum Gasteiger partial charge on any atom is -0.459 e. The summed E-state index contributed by atoms with van der Waals surface area (Å²) in [6.07, 6.45) is 4.57. The van der Waals surface area contributed by atoms with Gasteiger partial charge in [0.2, 0.25) is 0 Å². The van der Waals surface area contributed by atoms with Gasteiger partial charge in [0.1, 0.15) is 4.88 Å². The fraction of sp³-hybridized carbons (Fsp3) is 0.583. The Kier molecular flexibility index (Phi) is 3.89. The van der Waals surface area contributed by atoms with Crippen LogP contribution in [0, 0.1) is 2.88 Å².